The third-order valence-electron chi connectivity index (χ3n) is 7.19. The molecule has 2 amide bonds. The Labute approximate surface area is 207 Å². The first kappa shape index (κ1) is 24.3. The van der Waals surface area contributed by atoms with E-state index in [2.05, 4.69) is 45.1 Å². The molecule has 2 fully saturated rings. The molecule has 36 heavy (non-hydrogen) atoms. The Hall–Kier alpha value is -3.37. The van der Waals surface area contributed by atoms with Crippen LogP contribution >= 0.6 is 0 Å². The molecule has 187 valence electrons. The average Bonchev–Trinajstić information content (AvgIpc) is 3.03. The number of aromatic nitrogens is 3. The summed E-state index contributed by atoms with van der Waals surface area (Å²) in [4.78, 5) is 26.1. The summed E-state index contributed by atoms with van der Waals surface area (Å²) < 4.78 is 38.8. The van der Waals surface area contributed by atoms with Crippen LogP contribution in [0.2, 0.25) is 5.31 Å². The summed E-state index contributed by atoms with van der Waals surface area (Å²) in [5.74, 6) is 0.666. The van der Waals surface area contributed by atoms with Crippen molar-refractivity contribution in [2.45, 2.75) is 69.3 Å². The summed E-state index contributed by atoms with van der Waals surface area (Å²) in [5, 5.41) is 8.95. The van der Waals surface area contributed by atoms with E-state index in [1.807, 2.05) is 0 Å². The minimum absolute atomic E-state index is 0.0296. The van der Waals surface area contributed by atoms with Crippen molar-refractivity contribution in [2.24, 2.45) is 0 Å². The molecule has 7 nitrogen and oxygen atoms in total. The van der Waals surface area contributed by atoms with E-state index in [0.29, 0.717) is 28.4 Å². The highest BCUT2D eigenvalue weighted by atomic mass is 19.4. The highest BCUT2D eigenvalue weighted by Crippen LogP contribution is 2.52. The van der Waals surface area contributed by atoms with Crippen LogP contribution in [0.15, 0.2) is 36.5 Å². The number of anilines is 3. The molecule has 2 atom stereocenters. The quantitative estimate of drug-likeness (QED) is 0.367. The zero-order chi connectivity index (χ0) is 25.6. The van der Waals surface area contributed by atoms with Gasteiger partial charge < -0.3 is 16.0 Å². The Bertz CT molecular complexity index is 1310. The smallest absolute Gasteiger partial charge is 0.371 e. The van der Waals surface area contributed by atoms with Crippen LogP contribution in [0.1, 0.15) is 56.7 Å². The van der Waals surface area contributed by atoms with E-state index < -0.39 is 17.8 Å². The van der Waals surface area contributed by atoms with E-state index in [1.165, 1.54) is 31.4 Å². The number of carbonyl (C=O) groups excluding carboxylic acids is 1. The Morgan fingerprint density at radius 3 is 2.67 bits per heavy atom. The number of rotatable bonds is 4. The Morgan fingerprint density at radius 2 is 1.86 bits per heavy atom. The highest BCUT2D eigenvalue weighted by Gasteiger charge is 2.47. The van der Waals surface area contributed by atoms with Crippen LogP contribution in [0.5, 0.6) is 0 Å². The van der Waals surface area contributed by atoms with Crippen LogP contribution in [0.4, 0.5) is 35.2 Å². The van der Waals surface area contributed by atoms with Gasteiger partial charge >= 0.3 is 12.2 Å². The van der Waals surface area contributed by atoms with Crippen molar-refractivity contribution in [3.63, 3.8) is 0 Å². The van der Waals surface area contributed by atoms with Gasteiger partial charge in [-0.15, -0.1) is 0 Å². The van der Waals surface area contributed by atoms with Gasteiger partial charge in [0.05, 0.1) is 23.1 Å². The molecule has 11 heteroatoms. The lowest BCUT2D eigenvalue weighted by Gasteiger charge is -2.31. The monoisotopic (exact) mass is 495 g/mol. The summed E-state index contributed by atoms with van der Waals surface area (Å²) >= 11 is 0. The van der Waals surface area contributed by atoms with E-state index in [0.717, 1.165) is 31.4 Å². The van der Waals surface area contributed by atoms with Gasteiger partial charge in [-0.2, -0.15) is 13.2 Å². The van der Waals surface area contributed by atoms with Crippen LogP contribution in [0.25, 0.3) is 11.2 Å². The average molecular weight is 495 g/mol. The molecule has 2 aliphatic rings. The lowest BCUT2D eigenvalue weighted by Crippen LogP contribution is -2.42. The molecule has 5 rings (SSSR count). The number of nitrogens with one attached hydrogen (secondary N) is 3. The van der Waals surface area contributed by atoms with E-state index in [-0.39, 0.29) is 16.4 Å². The number of benzene rings is 1. The second kappa shape index (κ2) is 8.94. The first-order chi connectivity index (χ1) is 17.0. The molecule has 3 aromatic rings. The lowest BCUT2D eigenvalue weighted by atomic mass is 9.47. The van der Waals surface area contributed by atoms with Crippen molar-refractivity contribution in [3.8, 4) is 0 Å². The maximum Gasteiger partial charge on any atom is 0.416 e. The van der Waals surface area contributed by atoms with Crippen molar-refractivity contribution in [1.29, 1.82) is 0 Å². The number of fused-ring (bicyclic) bond motifs is 3. The lowest BCUT2D eigenvalue weighted by molar-refractivity contribution is -0.137. The van der Waals surface area contributed by atoms with Gasteiger partial charge in [-0.3, -0.25) is 0 Å². The Balaban J connectivity index is 1.31. The number of hydrogen-bond donors (Lipinski definition) is 3. The first-order valence-electron chi connectivity index (χ1n) is 12.1. The van der Waals surface area contributed by atoms with Gasteiger partial charge in [0.15, 0.2) is 12.9 Å². The zero-order valence-electron chi connectivity index (χ0n) is 20.2. The number of urea groups is 1. The number of carbonyl (C=O) groups is 1. The summed E-state index contributed by atoms with van der Waals surface area (Å²) in [6, 6.07) is 5.42. The highest BCUT2D eigenvalue weighted by molar-refractivity contribution is 6.46. The van der Waals surface area contributed by atoms with E-state index in [9.17, 15) is 18.0 Å². The van der Waals surface area contributed by atoms with E-state index in [1.54, 1.807) is 19.2 Å². The van der Waals surface area contributed by atoms with Gasteiger partial charge in [-0.1, -0.05) is 44.0 Å². The van der Waals surface area contributed by atoms with Gasteiger partial charge in [0, 0.05) is 11.1 Å². The summed E-state index contributed by atoms with van der Waals surface area (Å²) in [5.41, 5.74) is 0.969. The van der Waals surface area contributed by atoms with Gasteiger partial charge in [-0.25, -0.2) is 19.7 Å². The molecule has 2 unspecified atom stereocenters. The molecule has 0 saturated carbocycles. The van der Waals surface area contributed by atoms with Crippen molar-refractivity contribution in [1.82, 2.24) is 15.0 Å². The second-order valence-electron chi connectivity index (χ2n) is 10.2. The number of hydrogen-bond acceptors (Lipinski definition) is 5. The normalized spacial score (nSPS) is 23.6. The van der Waals surface area contributed by atoms with Gasteiger partial charge in [-0.05, 0) is 44.0 Å². The largest absolute Gasteiger partial charge is 0.416 e. The molecule has 1 radical (unpaired) electrons. The van der Waals surface area contributed by atoms with Crippen LogP contribution in [-0.2, 0) is 6.18 Å². The maximum absolute atomic E-state index is 12.9. The molecule has 2 bridgehead atoms. The molecule has 2 aliphatic heterocycles. The Kier molecular flexibility index (Phi) is 6.04. The van der Waals surface area contributed by atoms with Crippen molar-refractivity contribution in [2.75, 3.05) is 16.0 Å². The van der Waals surface area contributed by atoms with Gasteiger partial charge in [0.25, 0.3) is 0 Å². The fourth-order valence-corrected chi connectivity index (χ4v) is 5.38. The molecule has 4 heterocycles. The molecule has 2 aromatic heterocycles. The number of aryl methyl sites for hydroxylation is 1. The standard InChI is InChI=1S/C25H27BF3N6O/c1-15-18(33-22(36)32-17-7-5-6-16(12-17)25(27,28)29)13-19-21(31-15)34-20(14-30-19)35-24-9-4-3-8-23(2,26-24)10-11-24/h5-7,12-14H,3-4,8-11H2,1-2H3,(H,31,34,35)(H2,32,33,36). The van der Waals surface area contributed by atoms with Crippen LogP contribution in [0.3, 0.4) is 0 Å². The summed E-state index contributed by atoms with van der Waals surface area (Å²) in [6.07, 6.45) is 4.11. The maximum atomic E-state index is 12.9. The molecular weight excluding hydrogens is 468 g/mol. The van der Waals surface area contributed by atoms with Crippen molar-refractivity contribution in [3.05, 3.63) is 47.8 Å². The molecule has 0 spiro atoms. The first-order valence-corrected chi connectivity index (χ1v) is 12.1. The SMILES string of the molecule is Cc1nc2nc(NC34[B]C(C)(CCCC3)CC4)cnc2cc1NC(=O)Nc1cccc(C(F)(F)F)c1. The number of pyridine rings is 1. The number of nitrogens with zero attached hydrogens (tertiary/aromatic N) is 3. The third-order valence-corrected chi connectivity index (χ3v) is 7.19. The van der Waals surface area contributed by atoms with E-state index in [4.69, 9.17) is 0 Å². The molecule has 2 saturated heterocycles. The molecule has 1 aromatic carbocycles. The molecule has 0 aliphatic carbocycles. The fourth-order valence-electron chi connectivity index (χ4n) is 5.38. The zero-order valence-corrected chi connectivity index (χ0v) is 20.2. The molecular formula is C25H27BF3N6O. The molecule has 3 N–H and O–H groups in total. The minimum atomic E-state index is -4.50. The topological polar surface area (TPSA) is 91.8 Å². The Morgan fingerprint density at radius 1 is 1.06 bits per heavy atom. The third kappa shape index (κ3) is 5.10. The van der Waals surface area contributed by atoms with Crippen LogP contribution < -0.4 is 16.0 Å². The number of amides is 2. The van der Waals surface area contributed by atoms with Crippen LogP contribution in [-0.4, -0.2) is 33.7 Å². The number of halogens is 3. The predicted octanol–water partition coefficient (Wildman–Crippen LogP) is 6.35. The number of alkyl halides is 3. The summed E-state index contributed by atoms with van der Waals surface area (Å²) in [6.45, 7) is 4.05. The second-order valence-corrected chi connectivity index (χ2v) is 10.2. The minimum Gasteiger partial charge on any atom is -0.371 e. The van der Waals surface area contributed by atoms with Crippen LogP contribution in [0, 0.1) is 6.92 Å². The van der Waals surface area contributed by atoms with Crippen molar-refractivity contribution < 1.29 is 18.0 Å². The van der Waals surface area contributed by atoms with Gasteiger partial charge in [0.1, 0.15) is 11.3 Å². The van der Waals surface area contributed by atoms with E-state index >= 15 is 0 Å². The van der Waals surface area contributed by atoms with Gasteiger partial charge in [0.2, 0.25) is 0 Å². The summed E-state index contributed by atoms with van der Waals surface area (Å²) in [7, 11) is 2.47. The fraction of sp³-hybridized carbons (Fsp3) is 0.440. The van der Waals surface area contributed by atoms with Crippen molar-refractivity contribution >= 4 is 41.7 Å². The predicted molar refractivity (Wildman–Crippen MR) is 134 cm³/mol.